The number of carbonyl (C=O) groups excluding carboxylic acids is 3. The Bertz CT molecular complexity index is 1940. The van der Waals surface area contributed by atoms with Crippen LogP contribution in [-0.4, -0.2) is 17.7 Å². The van der Waals surface area contributed by atoms with Gasteiger partial charge in [-0.05, 0) is 71.8 Å². The number of halogens is 4. The molecule has 0 aromatic heterocycles. The van der Waals surface area contributed by atoms with E-state index in [4.69, 9.17) is 11.6 Å². The fourth-order valence-corrected chi connectivity index (χ4v) is 5.80. The minimum atomic E-state index is -4.66. The molecular weight excluding hydrogens is 659 g/mol. The van der Waals surface area contributed by atoms with E-state index in [1.165, 1.54) is 24.3 Å². The highest BCUT2D eigenvalue weighted by atomic mass is 35.5. The van der Waals surface area contributed by atoms with Crippen molar-refractivity contribution in [3.05, 3.63) is 166 Å². The van der Waals surface area contributed by atoms with Crippen molar-refractivity contribution < 1.29 is 27.6 Å². The average Bonchev–Trinajstić information content (AvgIpc) is 3.08. The molecule has 11 heteroatoms. The summed E-state index contributed by atoms with van der Waals surface area (Å²) in [5, 5.41) is 7.48. The van der Waals surface area contributed by atoms with Gasteiger partial charge in [-0.3, -0.25) is 14.4 Å². The summed E-state index contributed by atoms with van der Waals surface area (Å²) in [6.07, 6.45) is -3.15. The summed E-state index contributed by atoms with van der Waals surface area (Å²) in [6, 6.07) is 35.2. The van der Waals surface area contributed by atoms with Crippen LogP contribution in [0.2, 0.25) is 5.02 Å². The molecule has 242 valence electrons. The molecule has 0 aliphatic rings. The number of benzene rings is 5. The molecule has 0 fully saturated rings. The van der Waals surface area contributed by atoms with Crippen LogP contribution < -0.4 is 16.0 Å². The first-order valence-electron chi connectivity index (χ1n) is 14.5. The fraction of sp³-hybridized carbons (Fsp3) is 0.0541. The predicted octanol–water partition coefficient (Wildman–Crippen LogP) is 9.24. The van der Waals surface area contributed by atoms with Crippen molar-refractivity contribution in [2.24, 2.45) is 0 Å². The first-order chi connectivity index (χ1) is 23.1. The molecule has 0 aliphatic carbocycles. The second-order valence-electron chi connectivity index (χ2n) is 10.4. The lowest BCUT2D eigenvalue weighted by atomic mass is 10.1. The maximum atomic E-state index is 13.6. The van der Waals surface area contributed by atoms with E-state index in [-0.39, 0.29) is 11.4 Å². The van der Waals surface area contributed by atoms with Crippen LogP contribution in [0.1, 0.15) is 32.3 Å². The lowest BCUT2D eigenvalue weighted by Crippen LogP contribution is -2.30. The maximum absolute atomic E-state index is 13.6. The molecule has 0 saturated carbocycles. The Morgan fingerprint density at radius 2 is 1.38 bits per heavy atom. The van der Waals surface area contributed by atoms with Crippen molar-refractivity contribution in [1.29, 1.82) is 0 Å². The van der Waals surface area contributed by atoms with Gasteiger partial charge < -0.3 is 16.0 Å². The number of alkyl halides is 3. The van der Waals surface area contributed by atoms with Crippen molar-refractivity contribution in [3.63, 3.8) is 0 Å². The lowest BCUT2D eigenvalue weighted by Gasteiger charge is -2.19. The number of hydrogen-bond donors (Lipinski definition) is 3. The molecule has 5 aromatic rings. The summed E-state index contributed by atoms with van der Waals surface area (Å²) in [5.41, 5.74) is 0.553. The predicted molar refractivity (Wildman–Crippen MR) is 184 cm³/mol. The van der Waals surface area contributed by atoms with E-state index in [1.807, 2.05) is 0 Å². The standard InChI is InChI=1S/C37H27ClF3N3O3S/c38-27-20-18-24(19-21-27)22-32(44-34(45)26-12-5-2-6-13-26)35(46)42-28-14-9-15-29(23-28)48-33(25-10-3-1-4-11-25)36(47)43-31-17-8-7-16-30(31)37(39,40)41/h1-23,33H,(H,42,46)(H,43,47)(H,44,45)/b32-22+. The first-order valence-corrected chi connectivity index (χ1v) is 15.8. The zero-order valence-electron chi connectivity index (χ0n) is 25.0. The fourth-order valence-electron chi connectivity index (χ4n) is 4.59. The van der Waals surface area contributed by atoms with Crippen LogP contribution in [0.3, 0.4) is 0 Å². The number of thioether (sulfide) groups is 1. The second kappa shape index (κ2) is 15.5. The molecule has 0 radical (unpaired) electrons. The Kier molecular flexibility index (Phi) is 11.0. The zero-order chi connectivity index (χ0) is 34.1. The number of hydrogen-bond acceptors (Lipinski definition) is 4. The smallest absolute Gasteiger partial charge is 0.324 e. The van der Waals surface area contributed by atoms with Gasteiger partial charge in [0.2, 0.25) is 5.91 Å². The Morgan fingerprint density at radius 3 is 2.06 bits per heavy atom. The third kappa shape index (κ3) is 9.15. The van der Waals surface area contributed by atoms with Gasteiger partial charge in [0.15, 0.2) is 0 Å². The van der Waals surface area contributed by atoms with Crippen LogP contribution in [0.5, 0.6) is 0 Å². The van der Waals surface area contributed by atoms with Gasteiger partial charge >= 0.3 is 6.18 Å². The zero-order valence-corrected chi connectivity index (χ0v) is 26.6. The highest BCUT2D eigenvalue weighted by molar-refractivity contribution is 8.00. The molecule has 0 spiro atoms. The molecule has 3 amide bonds. The number of amides is 3. The minimum absolute atomic E-state index is 0.0332. The average molecular weight is 686 g/mol. The van der Waals surface area contributed by atoms with E-state index in [1.54, 1.807) is 109 Å². The van der Waals surface area contributed by atoms with Crippen LogP contribution >= 0.6 is 23.4 Å². The summed E-state index contributed by atoms with van der Waals surface area (Å²) >= 11 is 7.12. The maximum Gasteiger partial charge on any atom is 0.418 e. The van der Waals surface area contributed by atoms with Crippen LogP contribution in [0, 0.1) is 0 Å². The molecule has 1 atom stereocenters. The van der Waals surface area contributed by atoms with E-state index in [0.717, 1.165) is 17.8 Å². The van der Waals surface area contributed by atoms with E-state index in [9.17, 15) is 27.6 Å². The molecule has 5 rings (SSSR count). The highest BCUT2D eigenvalue weighted by Gasteiger charge is 2.34. The molecule has 0 saturated heterocycles. The van der Waals surface area contributed by atoms with Crippen LogP contribution in [0.15, 0.2) is 144 Å². The van der Waals surface area contributed by atoms with E-state index in [2.05, 4.69) is 16.0 Å². The van der Waals surface area contributed by atoms with Gasteiger partial charge in [-0.15, -0.1) is 11.8 Å². The van der Waals surface area contributed by atoms with Gasteiger partial charge in [-0.1, -0.05) is 90.5 Å². The Labute approximate surface area is 284 Å². The van der Waals surface area contributed by atoms with Crippen molar-refractivity contribution in [1.82, 2.24) is 5.32 Å². The summed E-state index contributed by atoms with van der Waals surface area (Å²) in [4.78, 5) is 40.6. The molecule has 0 aliphatic heterocycles. The molecule has 1 unspecified atom stereocenters. The number of rotatable bonds is 10. The Morgan fingerprint density at radius 1 is 0.729 bits per heavy atom. The second-order valence-corrected chi connectivity index (χ2v) is 12.0. The number of nitrogens with one attached hydrogen (secondary N) is 3. The Hall–Kier alpha value is -5.32. The van der Waals surface area contributed by atoms with Crippen molar-refractivity contribution in [2.45, 2.75) is 16.3 Å². The lowest BCUT2D eigenvalue weighted by molar-refractivity contribution is -0.137. The van der Waals surface area contributed by atoms with Crippen molar-refractivity contribution >= 4 is 58.5 Å². The first kappa shape index (κ1) is 34.0. The summed E-state index contributed by atoms with van der Waals surface area (Å²) in [7, 11) is 0. The quantitative estimate of drug-likeness (QED) is 0.101. The third-order valence-corrected chi connectivity index (χ3v) is 8.39. The SMILES string of the molecule is O=C(Nc1cccc(SC(C(=O)Nc2ccccc2C(F)(F)F)c2ccccc2)c1)/C(=C\c1ccc(Cl)cc1)NC(=O)c1ccccc1. The van der Waals surface area contributed by atoms with E-state index in [0.29, 0.717) is 32.3 Å². The van der Waals surface area contributed by atoms with Crippen LogP contribution in [-0.2, 0) is 15.8 Å². The van der Waals surface area contributed by atoms with E-state index >= 15 is 0 Å². The molecule has 0 heterocycles. The third-order valence-electron chi connectivity index (χ3n) is 6.89. The molecule has 0 bridgehead atoms. The topological polar surface area (TPSA) is 87.3 Å². The van der Waals surface area contributed by atoms with Gasteiger partial charge in [-0.2, -0.15) is 13.2 Å². The number of anilines is 2. The minimum Gasteiger partial charge on any atom is -0.324 e. The van der Waals surface area contributed by atoms with Crippen LogP contribution in [0.25, 0.3) is 6.08 Å². The van der Waals surface area contributed by atoms with Gasteiger partial charge in [0.05, 0.1) is 11.3 Å². The van der Waals surface area contributed by atoms with Crippen LogP contribution in [0.4, 0.5) is 24.5 Å². The molecule has 48 heavy (non-hydrogen) atoms. The highest BCUT2D eigenvalue weighted by Crippen LogP contribution is 2.39. The van der Waals surface area contributed by atoms with Gasteiger partial charge in [0, 0.05) is 21.2 Å². The number of para-hydroxylation sites is 1. The summed E-state index contributed by atoms with van der Waals surface area (Å²) in [6.45, 7) is 0. The largest absolute Gasteiger partial charge is 0.418 e. The molecule has 3 N–H and O–H groups in total. The van der Waals surface area contributed by atoms with Gasteiger partial charge in [0.1, 0.15) is 10.9 Å². The summed E-state index contributed by atoms with van der Waals surface area (Å²) in [5.74, 6) is -1.76. The van der Waals surface area contributed by atoms with Gasteiger partial charge in [-0.25, -0.2) is 0 Å². The molecular formula is C37H27ClF3N3O3S. The summed E-state index contributed by atoms with van der Waals surface area (Å²) < 4.78 is 40.9. The van der Waals surface area contributed by atoms with Crippen molar-refractivity contribution in [3.8, 4) is 0 Å². The molecule has 6 nitrogen and oxygen atoms in total. The van der Waals surface area contributed by atoms with Gasteiger partial charge in [0.25, 0.3) is 11.8 Å². The molecule has 5 aromatic carbocycles. The monoisotopic (exact) mass is 685 g/mol. The number of carbonyl (C=O) groups is 3. The normalized spacial score (nSPS) is 12.1. The van der Waals surface area contributed by atoms with E-state index < -0.39 is 34.7 Å². The Balaban J connectivity index is 1.39. The van der Waals surface area contributed by atoms with Crippen molar-refractivity contribution in [2.75, 3.05) is 10.6 Å².